The minimum atomic E-state index is -0.475. The highest BCUT2D eigenvalue weighted by atomic mass is 19.1. The number of amidine groups is 1. The summed E-state index contributed by atoms with van der Waals surface area (Å²) in [5.41, 5.74) is 6.60. The van der Waals surface area contributed by atoms with Crippen molar-refractivity contribution in [1.29, 1.82) is 0 Å². The first-order chi connectivity index (χ1) is 9.70. The number of nitrogens with two attached hydrogens (primary N) is 1. The van der Waals surface area contributed by atoms with Crippen molar-refractivity contribution in [2.24, 2.45) is 5.16 Å². The Bertz CT molecular complexity index is 734. The van der Waals surface area contributed by atoms with Gasteiger partial charge >= 0.3 is 0 Å². The Hall–Kier alpha value is -3.08. The minimum Gasteiger partial charge on any atom is -0.379 e. The standard InChI is InChI=1S/C12H8FN5O2/c1-2-7-5-8(3-4-9(7)13)18-6-19-17-12(18)10-11(14)16-20-15-10/h1,3-5H,6H2,(H2,14,16). The molecule has 0 atom stereocenters. The molecule has 0 unspecified atom stereocenters. The number of aromatic nitrogens is 2. The highest BCUT2D eigenvalue weighted by molar-refractivity contribution is 6.11. The summed E-state index contributed by atoms with van der Waals surface area (Å²) in [5.74, 6) is 2.19. The lowest BCUT2D eigenvalue weighted by Crippen LogP contribution is -2.29. The predicted octanol–water partition coefficient (Wildman–Crippen LogP) is 0.928. The Morgan fingerprint density at radius 3 is 2.95 bits per heavy atom. The van der Waals surface area contributed by atoms with Gasteiger partial charge in [0, 0.05) is 5.69 Å². The number of benzene rings is 1. The van der Waals surface area contributed by atoms with Crippen LogP contribution in [0.2, 0.25) is 0 Å². The molecule has 1 aromatic heterocycles. The summed E-state index contributed by atoms with van der Waals surface area (Å²) in [4.78, 5) is 6.63. The van der Waals surface area contributed by atoms with Crippen molar-refractivity contribution in [1.82, 2.24) is 10.3 Å². The van der Waals surface area contributed by atoms with Gasteiger partial charge in [-0.3, -0.25) is 4.90 Å². The van der Waals surface area contributed by atoms with Gasteiger partial charge in [-0.05, 0) is 28.5 Å². The molecule has 2 heterocycles. The Labute approximate surface area is 112 Å². The second kappa shape index (κ2) is 4.55. The zero-order valence-electron chi connectivity index (χ0n) is 10.1. The van der Waals surface area contributed by atoms with Gasteiger partial charge in [0.1, 0.15) is 5.82 Å². The molecule has 3 rings (SSSR count). The third-order valence-electron chi connectivity index (χ3n) is 2.74. The first-order valence-electron chi connectivity index (χ1n) is 5.53. The molecule has 0 aliphatic carbocycles. The van der Waals surface area contributed by atoms with E-state index in [1.165, 1.54) is 12.1 Å². The van der Waals surface area contributed by atoms with Crippen LogP contribution in [0.15, 0.2) is 28.0 Å². The van der Waals surface area contributed by atoms with E-state index in [1.54, 1.807) is 11.0 Å². The Kier molecular flexibility index (Phi) is 2.72. The molecule has 1 aromatic carbocycles. The Balaban J connectivity index is 2.01. The molecule has 0 amide bonds. The summed E-state index contributed by atoms with van der Waals surface area (Å²) in [6, 6.07) is 4.32. The van der Waals surface area contributed by atoms with Crippen molar-refractivity contribution in [3.05, 3.63) is 35.3 Å². The molecule has 7 nitrogen and oxygen atoms in total. The fraction of sp³-hybridized carbons (Fsp3) is 0.0833. The number of anilines is 2. The van der Waals surface area contributed by atoms with E-state index < -0.39 is 5.82 Å². The van der Waals surface area contributed by atoms with Crippen molar-refractivity contribution >= 4 is 17.3 Å². The number of hydrogen-bond acceptors (Lipinski definition) is 7. The molecule has 0 saturated heterocycles. The SMILES string of the molecule is C#Cc1cc(N2CON=C2c2nonc2N)ccc1F. The number of terminal acetylenes is 1. The number of nitrogens with zero attached hydrogens (tertiary/aromatic N) is 4. The summed E-state index contributed by atoms with van der Waals surface area (Å²) < 4.78 is 17.9. The topological polar surface area (TPSA) is 89.8 Å². The predicted molar refractivity (Wildman–Crippen MR) is 68.0 cm³/mol. The van der Waals surface area contributed by atoms with Crippen LogP contribution in [0.3, 0.4) is 0 Å². The van der Waals surface area contributed by atoms with Gasteiger partial charge in [-0.25, -0.2) is 9.02 Å². The number of halogens is 1. The van der Waals surface area contributed by atoms with Gasteiger partial charge in [-0.15, -0.1) is 6.42 Å². The van der Waals surface area contributed by atoms with Crippen LogP contribution in [0.1, 0.15) is 11.3 Å². The first kappa shape index (κ1) is 12.0. The lowest BCUT2D eigenvalue weighted by molar-refractivity contribution is 0.174. The number of rotatable bonds is 2. The maximum atomic E-state index is 13.4. The van der Waals surface area contributed by atoms with Gasteiger partial charge < -0.3 is 10.6 Å². The molecule has 8 heteroatoms. The van der Waals surface area contributed by atoms with E-state index in [2.05, 4.69) is 26.0 Å². The van der Waals surface area contributed by atoms with E-state index in [1.807, 2.05) is 0 Å². The van der Waals surface area contributed by atoms with Crippen LogP contribution in [-0.2, 0) is 4.84 Å². The lowest BCUT2D eigenvalue weighted by atomic mass is 10.2. The second-order valence-corrected chi connectivity index (χ2v) is 3.91. The van der Waals surface area contributed by atoms with Crippen molar-refractivity contribution in [3.63, 3.8) is 0 Å². The van der Waals surface area contributed by atoms with E-state index in [4.69, 9.17) is 17.0 Å². The van der Waals surface area contributed by atoms with Crippen LogP contribution in [0.25, 0.3) is 0 Å². The van der Waals surface area contributed by atoms with Crippen LogP contribution in [0.5, 0.6) is 0 Å². The van der Waals surface area contributed by atoms with Crippen LogP contribution in [-0.4, -0.2) is 22.9 Å². The molecule has 20 heavy (non-hydrogen) atoms. The minimum absolute atomic E-state index is 0.0820. The Morgan fingerprint density at radius 2 is 2.25 bits per heavy atom. The summed E-state index contributed by atoms with van der Waals surface area (Å²) >= 11 is 0. The zero-order valence-corrected chi connectivity index (χ0v) is 10.1. The molecule has 0 bridgehead atoms. The van der Waals surface area contributed by atoms with Gasteiger partial charge in [0.05, 0.1) is 5.56 Å². The van der Waals surface area contributed by atoms with E-state index in [9.17, 15) is 4.39 Å². The maximum Gasteiger partial charge on any atom is 0.208 e. The molecule has 0 spiro atoms. The highest BCUT2D eigenvalue weighted by Gasteiger charge is 2.28. The van der Waals surface area contributed by atoms with Gasteiger partial charge in [-0.1, -0.05) is 11.1 Å². The molecule has 2 N–H and O–H groups in total. The third-order valence-corrected chi connectivity index (χ3v) is 2.74. The molecule has 2 aromatic rings. The molecule has 100 valence electrons. The van der Waals surface area contributed by atoms with Crippen molar-refractivity contribution in [2.45, 2.75) is 0 Å². The lowest BCUT2D eigenvalue weighted by Gasteiger charge is -2.16. The van der Waals surface area contributed by atoms with E-state index in [0.717, 1.165) is 0 Å². The first-order valence-corrected chi connectivity index (χ1v) is 5.53. The van der Waals surface area contributed by atoms with Crippen molar-refractivity contribution < 1.29 is 13.9 Å². The molecule has 0 radical (unpaired) electrons. The van der Waals surface area contributed by atoms with Gasteiger partial charge in [0.2, 0.25) is 5.84 Å². The van der Waals surface area contributed by atoms with Crippen LogP contribution >= 0.6 is 0 Å². The largest absolute Gasteiger partial charge is 0.379 e. The summed E-state index contributed by atoms with van der Waals surface area (Å²) in [5, 5.41) is 11.0. The molecule has 1 aliphatic heterocycles. The van der Waals surface area contributed by atoms with Crippen LogP contribution in [0.4, 0.5) is 15.9 Å². The quantitative estimate of drug-likeness (QED) is 0.818. The Morgan fingerprint density at radius 1 is 1.40 bits per heavy atom. The number of oxime groups is 1. The average Bonchev–Trinajstić information content (AvgIpc) is 3.07. The summed E-state index contributed by atoms with van der Waals surface area (Å²) in [6.07, 6.45) is 5.24. The summed E-state index contributed by atoms with van der Waals surface area (Å²) in [6.45, 7) is 0.122. The molecular formula is C12H8FN5O2. The fourth-order valence-electron chi connectivity index (χ4n) is 1.77. The van der Waals surface area contributed by atoms with Gasteiger partial charge in [0.15, 0.2) is 18.2 Å². The van der Waals surface area contributed by atoms with E-state index in [0.29, 0.717) is 11.5 Å². The average molecular weight is 273 g/mol. The van der Waals surface area contributed by atoms with E-state index in [-0.39, 0.29) is 23.8 Å². The third kappa shape index (κ3) is 1.81. The fourth-order valence-corrected chi connectivity index (χ4v) is 1.77. The molecule has 1 aliphatic rings. The van der Waals surface area contributed by atoms with Crippen molar-refractivity contribution in [3.8, 4) is 12.3 Å². The van der Waals surface area contributed by atoms with Crippen LogP contribution in [0, 0.1) is 18.2 Å². The second-order valence-electron chi connectivity index (χ2n) is 3.91. The number of hydrogen-bond donors (Lipinski definition) is 1. The van der Waals surface area contributed by atoms with Gasteiger partial charge in [-0.2, -0.15) is 0 Å². The normalized spacial score (nSPS) is 13.8. The molecular weight excluding hydrogens is 265 g/mol. The highest BCUT2D eigenvalue weighted by Crippen LogP contribution is 2.24. The van der Waals surface area contributed by atoms with Crippen molar-refractivity contribution in [2.75, 3.05) is 17.4 Å². The molecule has 0 saturated carbocycles. The van der Waals surface area contributed by atoms with Crippen LogP contribution < -0.4 is 10.6 Å². The number of nitrogen functional groups attached to an aromatic ring is 1. The summed E-state index contributed by atoms with van der Waals surface area (Å²) in [7, 11) is 0. The van der Waals surface area contributed by atoms with E-state index >= 15 is 0 Å². The monoisotopic (exact) mass is 273 g/mol. The van der Waals surface area contributed by atoms with Gasteiger partial charge in [0.25, 0.3) is 0 Å². The zero-order chi connectivity index (χ0) is 14.1. The maximum absolute atomic E-state index is 13.4. The molecule has 0 fully saturated rings. The smallest absolute Gasteiger partial charge is 0.208 e.